The third-order valence-corrected chi connectivity index (χ3v) is 6.91. The zero-order valence-corrected chi connectivity index (χ0v) is 22.2. The normalized spacial score (nSPS) is 14.8. The molecule has 1 atom stereocenters. The number of hydrogen-bond donors (Lipinski definition) is 0. The lowest BCUT2D eigenvalue weighted by molar-refractivity contribution is -0.138. The van der Waals surface area contributed by atoms with Gasteiger partial charge in [-0.15, -0.1) is 0 Å². The molecule has 0 amide bonds. The van der Waals surface area contributed by atoms with Crippen LogP contribution in [0, 0.1) is 0 Å². The topological polar surface area (TPSA) is 105 Å². The van der Waals surface area contributed by atoms with Crippen LogP contribution in [0.5, 0.6) is 11.5 Å². The van der Waals surface area contributed by atoms with Crippen LogP contribution in [0.2, 0.25) is 0 Å². The molecule has 0 fully saturated rings. The molecule has 9 nitrogen and oxygen atoms in total. The minimum Gasteiger partial charge on any atom is -0.493 e. The highest BCUT2D eigenvalue weighted by Gasteiger charge is 2.33. The molecule has 1 aromatic heterocycles. The number of allylic oxidation sites excluding steroid dienone is 1. The van der Waals surface area contributed by atoms with Crippen LogP contribution >= 0.6 is 11.3 Å². The Bertz CT molecular complexity index is 1610. The Balaban J connectivity index is 1.90. The molecule has 1 aliphatic rings. The van der Waals surface area contributed by atoms with E-state index in [9.17, 15) is 14.4 Å². The van der Waals surface area contributed by atoms with Gasteiger partial charge >= 0.3 is 11.9 Å². The van der Waals surface area contributed by atoms with E-state index in [0.29, 0.717) is 37.7 Å². The number of ether oxygens (including phenoxy) is 4. The number of thiazole rings is 1. The molecular formula is C28H26N2O7S. The van der Waals surface area contributed by atoms with E-state index < -0.39 is 18.0 Å². The molecule has 2 aromatic carbocycles. The third-order valence-electron chi connectivity index (χ3n) is 5.93. The quantitative estimate of drug-likeness (QED) is 0.323. The van der Waals surface area contributed by atoms with Crippen LogP contribution in [0.3, 0.4) is 0 Å². The molecule has 0 N–H and O–H groups in total. The van der Waals surface area contributed by atoms with E-state index in [1.54, 1.807) is 56.5 Å². The van der Waals surface area contributed by atoms with Gasteiger partial charge in [0.05, 0.1) is 48.7 Å². The number of rotatable bonds is 8. The third kappa shape index (κ3) is 5.03. The number of hydrogen-bond acceptors (Lipinski definition) is 9. The van der Waals surface area contributed by atoms with Crippen molar-refractivity contribution in [3.05, 3.63) is 103 Å². The molecule has 10 heteroatoms. The average molecular weight is 535 g/mol. The Morgan fingerprint density at radius 1 is 1.05 bits per heavy atom. The highest BCUT2D eigenvalue weighted by atomic mass is 32.1. The Morgan fingerprint density at radius 2 is 1.76 bits per heavy atom. The van der Waals surface area contributed by atoms with Crippen LogP contribution in [0.4, 0.5) is 0 Å². The number of benzene rings is 2. The second-order valence-corrected chi connectivity index (χ2v) is 9.21. The maximum Gasteiger partial charge on any atom is 0.338 e. The fraction of sp³-hybridized carbons (Fsp3) is 0.214. The number of carbonyl (C=O) groups excluding carboxylic acids is 2. The van der Waals surface area contributed by atoms with Crippen molar-refractivity contribution in [2.24, 2.45) is 4.99 Å². The fourth-order valence-electron chi connectivity index (χ4n) is 4.12. The molecule has 196 valence electrons. The summed E-state index contributed by atoms with van der Waals surface area (Å²) in [7, 11) is 4.39. The van der Waals surface area contributed by atoms with Crippen LogP contribution < -0.4 is 24.4 Å². The number of carbonyl (C=O) groups is 2. The summed E-state index contributed by atoms with van der Waals surface area (Å²) in [6.45, 7) is 5.30. The lowest BCUT2D eigenvalue weighted by Gasteiger charge is -2.24. The molecule has 2 heterocycles. The van der Waals surface area contributed by atoms with Gasteiger partial charge in [-0.25, -0.2) is 14.6 Å². The highest BCUT2D eigenvalue weighted by molar-refractivity contribution is 7.07. The van der Waals surface area contributed by atoms with Gasteiger partial charge in [0.25, 0.3) is 5.56 Å². The van der Waals surface area contributed by atoms with E-state index in [2.05, 4.69) is 11.6 Å². The number of fused-ring (bicyclic) bond motifs is 1. The van der Waals surface area contributed by atoms with Crippen LogP contribution in [-0.2, 0) is 14.3 Å². The Labute approximate surface area is 222 Å². The molecule has 0 bridgehead atoms. The molecule has 1 aliphatic heterocycles. The first-order valence-electron chi connectivity index (χ1n) is 11.5. The summed E-state index contributed by atoms with van der Waals surface area (Å²) >= 11 is 1.21. The first kappa shape index (κ1) is 26.6. The van der Waals surface area contributed by atoms with Gasteiger partial charge < -0.3 is 18.9 Å². The van der Waals surface area contributed by atoms with Crippen LogP contribution in [0.1, 0.15) is 34.5 Å². The van der Waals surface area contributed by atoms with Crippen molar-refractivity contribution >= 4 is 29.4 Å². The predicted molar refractivity (Wildman–Crippen MR) is 142 cm³/mol. The summed E-state index contributed by atoms with van der Waals surface area (Å²) in [6, 6.07) is 11.1. The summed E-state index contributed by atoms with van der Waals surface area (Å²) in [4.78, 5) is 43.8. The van der Waals surface area contributed by atoms with Gasteiger partial charge in [0, 0.05) is 0 Å². The molecule has 3 aromatic rings. The van der Waals surface area contributed by atoms with Crippen molar-refractivity contribution in [1.82, 2.24) is 4.57 Å². The van der Waals surface area contributed by atoms with Crippen LogP contribution in [0.25, 0.3) is 6.08 Å². The number of esters is 2. The van der Waals surface area contributed by atoms with E-state index in [-0.39, 0.29) is 17.7 Å². The van der Waals surface area contributed by atoms with E-state index in [4.69, 9.17) is 18.9 Å². The van der Waals surface area contributed by atoms with Crippen molar-refractivity contribution < 1.29 is 28.5 Å². The molecule has 38 heavy (non-hydrogen) atoms. The lowest BCUT2D eigenvalue weighted by atomic mass is 9.95. The minimum atomic E-state index is -0.817. The maximum atomic E-state index is 13.8. The summed E-state index contributed by atoms with van der Waals surface area (Å²) < 4.78 is 22.7. The van der Waals surface area contributed by atoms with Gasteiger partial charge in [0.1, 0.15) is 6.61 Å². The number of aromatic nitrogens is 1. The maximum absolute atomic E-state index is 13.8. The van der Waals surface area contributed by atoms with Gasteiger partial charge in [-0.05, 0) is 48.4 Å². The first-order chi connectivity index (χ1) is 18.3. The van der Waals surface area contributed by atoms with Gasteiger partial charge in [0.15, 0.2) is 16.3 Å². The summed E-state index contributed by atoms with van der Waals surface area (Å²) in [5, 5.41) is 0. The molecule has 0 radical (unpaired) electrons. The predicted octanol–water partition coefficient (Wildman–Crippen LogP) is 2.77. The molecule has 0 spiro atoms. The monoisotopic (exact) mass is 534 g/mol. The Morgan fingerprint density at radius 3 is 2.39 bits per heavy atom. The van der Waals surface area contributed by atoms with Crippen LogP contribution in [0.15, 0.2) is 76.2 Å². The van der Waals surface area contributed by atoms with Crippen molar-refractivity contribution in [2.75, 3.05) is 27.9 Å². The first-order valence-corrected chi connectivity index (χ1v) is 12.4. The van der Waals surface area contributed by atoms with E-state index in [1.165, 1.54) is 36.2 Å². The summed E-state index contributed by atoms with van der Waals surface area (Å²) in [5.41, 5.74) is 2.01. The molecule has 0 saturated carbocycles. The zero-order valence-electron chi connectivity index (χ0n) is 21.3. The second kappa shape index (κ2) is 11.3. The summed E-state index contributed by atoms with van der Waals surface area (Å²) in [5.74, 6) is -0.00407. The van der Waals surface area contributed by atoms with E-state index >= 15 is 0 Å². The van der Waals surface area contributed by atoms with Crippen molar-refractivity contribution in [3.63, 3.8) is 0 Å². The SMILES string of the molecule is C=CCOC(=O)C1=C(C)N=c2sc(=Cc3ccc(OC)c(OC)c3)c(=O)n2C1c1ccc(C(=O)OC)cc1. The Hall–Kier alpha value is -4.44. The number of methoxy groups -OCH3 is 3. The number of nitrogens with zero attached hydrogens (tertiary/aromatic N) is 2. The van der Waals surface area contributed by atoms with Gasteiger partial charge in [-0.1, -0.05) is 42.2 Å². The average Bonchev–Trinajstić information content (AvgIpc) is 3.24. The van der Waals surface area contributed by atoms with Crippen LogP contribution in [-0.4, -0.2) is 44.4 Å². The van der Waals surface area contributed by atoms with E-state index in [1.807, 2.05) is 6.07 Å². The smallest absolute Gasteiger partial charge is 0.338 e. The van der Waals surface area contributed by atoms with Crippen molar-refractivity contribution in [1.29, 1.82) is 0 Å². The van der Waals surface area contributed by atoms with Crippen molar-refractivity contribution in [2.45, 2.75) is 13.0 Å². The molecule has 0 saturated heterocycles. The standard InChI is InChI=1S/C28H26N2O7S/c1-6-13-37-27(33)23-16(2)29-28-30(24(23)18-8-10-19(11-9-18)26(32)36-5)25(31)22(38-28)15-17-7-12-20(34-3)21(14-17)35-4/h6-12,14-15,24H,1,13H2,2-5H3. The molecule has 1 unspecified atom stereocenters. The summed E-state index contributed by atoms with van der Waals surface area (Å²) in [6.07, 6.45) is 3.20. The molecular weight excluding hydrogens is 508 g/mol. The largest absolute Gasteiger partial charge is 0.493 e. The lowest BCUT2D eigenvalue weighted by Crippen LogP contribution is -2.40. The molecule has 4 rings (SSSR count). The fourth-order valence-corrected chi connectivity index (χ4v) is 5.17. The van der Waals surface area contributed by atoms with Gasteiger partial charge in [-0.3, -0.25) is 9.36 Å². The van der Waals surface area contributed by atoms with E-state index in [0.717, 1.165) is 5.56 Å². The second-order valence-electron chi connectivity index (χ2n) is 8.20. The van der Waals surface area contributed by atoms with Crippen molar-refractivity contribution in [3.8, 4) is 11.5 Å². The zero-order chi connectivity index (χ0) is 27.4. The van der Waals surface area contributed by atoms with Gasteiger partial charge in [-0.2, -0.15) is 0 Å². The van der Waals surface area contributed by atoms with Gasteiger partial charge in [0.2, 0.25) is 0 Å². The molecule has 0 aliphatic carbocycles. The minimum absolute atomic E-state index is 0.00728. The Kier molecular flexibility index (Phi) is 7.92. The highest BCUT2D eigenvalue weighted by Crippen LogP contribution is 2.31.